The molecule has 0 bridgehead atoms. The average molecular weight is 146 g/mol. The molecule has 0 unspecified atom stereocenters. The molecular weight excluding hydrogens is 139 g/mol. The van der Waals surface area contributed by atoms with Crippen molar-refractivity contribution in [2.24, 2.45) is 0 Å². The van der Waals surface area contributed by atoms with E-state index in [0.717, 1.165) is 6.29 Å². The normalized spacial score (nSPS) is 9.18. The maximum absolute atomic E-state index is 10.4. The molecule has 0 saturated heterocycles. The van der Waals surface area contributed by atoms with Crippen molar-refractivity contribution in [3.63, 3.8) is 0 Å². The van der Waals surface area contributed by atoms with Crippen LogP contribution in [-0.4, -0.2) is 21.2 Å². The van der Waals surface area contributed by atoms with E-state index in [1.54, 1.807) is 18.2 Å². The highest BCUT2D eigenvalue weighted by Crippen LogP contribution is 2.12. The summed E-state index contributed by atoms with van der Waals surface area (Å²) in [6.45, 7) is 0. The van der Waals surface area contributed by atoms with Gasteiger partial charge in [-0.2, -0.15) is 0 Å². The Kier molecular flexibility index (Phi) is 2.31. The van der Waals surface area contributed by atoms with E-state index in [1.807, 2.05) is 0 Å². The number of hydrogen-bond acceptors (Lipinski definition) is 2. The predicted molar refractivity (Wildman–Crippen MR) is 43.8 cm³/mol. The fourth-order valence-corrected chi connectivity index (χ4v) is 0.845. The SMILES string of the molecule is [B]c1ccc(OC)c(C=O)c1. The van der Waals surface area contributed by atoms with Crippen LogP contribution in [0.3, 0.4) is 0 Å². The molecular formula is C8H7BO2. The second-order valence-electron chi connectivity index (χ2n) is 2.12. The predicted octanol–water partition coefficient (Wildman–Crippen LogP) is 0.301. The lowest BCUT2D eigenvalue weighted by Crippen LogP contribution is -2.03. The van der Waals surface area contributed by atoms with Crippen molar-refractivity contribution in [3.05, 3.63) is 23.8 Å². The molecule has 1 aromatic rings. The van der Waals surface area contributed by atoms with Crippen LogP contribution in [-0.2, 0) is 0 Å². The maximum Gasteiger partial charge on any atom is 0.153 e. The van der Waals surface area contributed by atoms with Gasteiger partial charge in [-0.3, -0.25) is 4.79 Å². The molecule has 1 rings (SSSR count). The van der Waals surface area contributed by atoms with E-state index >= 15 is 0 Å². The molecule has 0 aliphatic carbocycles. The zero-order valence-electron chi connectivity index (χ0n) is 6.20. The molecule has 2 nitrogen and oxygen atoms in total. The van der Waals surface area contributed by atoms with Gasteiger partial charge in [-0.05, 0) is 6.07 Å². The number of rotatable bonds is 2. The highest BCUT2D eigenvalue weighted by molar-refractivity contribution is 6.32. The van der Waals surface area contributed by atoms with E-state index in [1.165, 1.54) is 7.11 Å². The summed E-state index contributed by atoms with van der Waals surface area (Å²) in [6, 6.07) is 4.93. The summed E-state index contributed by atoms with van der Waals surface area (Å²) >= 11 is 0. The quantitative estimate of drug-likeness (QED) is 0.443. The first kappa shape index (κ1) is 7.86. The summed E-state index contributed by atoms with van der Waals surface area (Å²) in [6.07, 6.45) is 0.717. The fourth-order valence-electron chi connectivity index (χ4n) is 0.845. The first-order valence-corrected chi connectivity index (χ1v) is 3.16. The van der Waals surface area contributed by atoms with Gasteiger partial charge >= 0.3 is 0 Å². The van der Waals surface area contributed by atoms with Crippen LogP contribution in [0, 0.1) is 0 Å². The van der Waals surface area contributed by atoms with Gasteiger partial charge in [0.25, 0.3) is 0 Å². The first-order valence-electron chi connectivity index (χ1n) is 3.16. The van der Waals surface area contributed by atoms with Crippen molar-refractivity contribution in [2.45, 2.75) is 0 Å². The number of aldehydes is 1. The van der Waals surface area contributed by atoms with E-state index in [4.69, 9.17) is 12.6 Å². The number of carbonyl (C=O) groups excluding carboxylic acids is 1. The van der Waals surface area contributed by atoms with Crippen molar-refractivity contribution in [3.8, 4) is 5.75 Å². The van der Waals surface area contributed by atoms with Gasteiger partial charge in [0.15, 0.2) is 6.29 Å². The van der Waals surface area contributed by atoms with Gasteiger partial charge in [-0.15, -0.1) is 0 Å². The number of carbonyl (C=O) groups is 1. The van der Waals surface area contributed by atoms with E-state index < -0.39 is 0 Å². The highest BCUT2D eigenvalue weighted by atomic mass is 16.5. The fraction of sp³-hybridized carbons (Fsp3) is 0.125. The highest BCUT2D eigenvalue weighted by Gasteiger charge is 1.99. The minimum atomic E-state index is 0.479. The van der Waals surface area contributed by atoms with Crippen LogP contribution < -0.4 is 10.2 Å². The minimum absolute atomic E-state index is 0.479. The lowest BCUT2D eigenvalue weighted by Gasteiger charge is -2.02. The minimum Gasteiger partial charge on any atom is -0.496 e. The molecule has 0 aliphatic heterocycles. The first-order chi connectivity index (χ1) is 5.27. The van der Waals surface area contributed by atoms with Gasteiger partial charge in [-0.1, -0.05) is 17.6 Å². The Morgan fingerprint density at radius 1 is 1.55 bits per heavy atom. The largest absolute Gasteiger partial charge is 0.496 e. The summed E-state index contributed by atoms with van der Waals surface area (Å²) in [5.41, 5.74) is 1.04. The third-order valence-electron chi connectivity index (χ3n) is 1.38. The third-order valence-corrected chi connectivity index (χ3v) is 1.38. The molecule has 0 heterocycles. The Bertz CT molecular complexity index is 271. The Morgan fingerprint density at radius 2 is 2.27 bits per heavy atom. The van der Waals surface area contributed by atoms with Crippen LogP contribution in [0.2, 0.25) is 0 Å². The summed E-state index contributed by atoms with van der Waals surface area (Å²) in [4.78, 5) is 10.4. The lowest BCUT2D eigenvalue weighted by atomic mass is 9.94. The van der Waals surface area contributed by atoms with Crippen molar-refractivity contribution >= 4 is 19.6 Å². The molecule has 11 heavy (non-hydrogen) atoms. The summed E-state index contributed by atoms with van der Waals surface area (Å²) < 4.78 is 4.90. The average Bonchev–Trinajstić information content (AvgIpc) is 2.04. The standard InChI is InChI=1S/C8H7BO2/c1-11-8-3-2-7(9)4-6(8)5-10/h2-5H,1H3. The molecule has 0 atom stereocenters. The summed E-state index contributed by atoms with van der Waals surface area (Å²) in [5.74, 6) is 0.550. The van der Waals surface area contributed by atoms with Gasteiger partial charge < -0.3 is 4.74 Å². The lowest BCUT2D eigenvalue weighted by molar-refractivity contribution is 0.112. The van der Waals surface area contributed by atoms with E-state index in [9.17, 15) is 4.79 Å². The topological polar surface area (TPSA) is 26.3 Å². The van der Waals surface area contributed by atoms with Crippen LogP contribution >= 0.6 is 0 Å². The molecule has 0 saturated carbocycles. The number of methoxy groups -OCH3 is 1. The molecule has 0 aromatic heterocycles. The third kappa shape index (κ3) is 1.61. The van der Waals surface area contributed by atoms with Crippen LogP contribution in [0.5, 0.6) is 5.75 Å². The van der Waals surface area contributed by atoms with Crippen LogP contribution in [0.1, 0.15) is 10.4 Å². The zero-order valence-corrected chi connectivity index (χ0v) is 6.20. The van der Waals surface area contributed by atoms with Gasteiger partial charge in [0.2, 0.25) is 0 Å². The monoisotopic (exact) mass is 146 g/mol. The molecule has 0 fully saturated rings. The molecule has 1 aromatic carbocycles. The van der Waals surface area contributed by atoms with E-state index in [0.29, 0.717) is 16.8 Å². The molecule has 0 amide bonds. The Labute approximate surface area is 66.6 Å². The Morgan fingerprint density at radius 3 is 2.82 bits per heavy atom. The molecule has 0 N–H and O–H groups in total. The molecule has 0 spiro atoms. The number of benzene rings is 1. The molecule has 3 heteroatoms. The van der Waals surface area contributed by atoms with Gasteiger partial charge in [-0.25, -0.2) is 0 Å². The molecule has 0 aliphatic rings. The van der Waals surface area contributed by atoms with E-state index in [-0.39, 0.29) is 0 Å². The molecule has 2 radical (unpaired) electrons. The number of ether oxygens (including phenoxy) is 1. The van der Waals surface area contributed by atoms with Gasteiger partial charge in [0.1, 0.15) is 13.6 Å². The smallest absolute Gasteiger partial charge is 0.153 e. The van der Waals surface area contributed by atoms with Crippen LogP contribution in [0.25, 0.3) is 0 Å². The number of hydrogen-bond donors (Lipinski definition) is 0. The van der Waals surface area contributed by atoms with E-state index in [2.05, 4.69) is 0 Å². The van der Waals surface area contributed by atoms with Crippen molar-refractivity contribution in [1.29, 1.82) is 0 Å². The van der Waals surface area contributed by atoms with Gasteiger partial charge in [0.05, 0.1) is 12.7 Å². The van der Waals surface area contributed by atoms with Crippen LogP contribution in [0.15, 0.2) is 18.2 Å². The summed E-state index contributed by atoms with van der Waals surface area (Å²) in [5, 5.41) is 0. The Hall–Kier alpha value is -1.25. The van der Waals surface area contributed by atoms with Crippen molar-refractivity contribution in [1.82, 2.24) is 0 Å². The Balaban J connectivity index is 3.16. The van der Waals surface area contributed by atoms with Crippen molar-refractivity contribution < 1.29 is 9.53 Å². The van der Waals surface area contributed by atoms with Crippen LogP contribution in [0.4, 0.5) is 0 Å². The molecule has 54 valence electrons. The zero-order chi connectivity index (χ0) is 8.27. The summed E-state index contributed by atoms with van der Waals surface area (Å²) in [7, 11) is 6.96. The second kappa shape index (κ2) is 3.24. The maximum atomic E-state index is 10.4. The van der Waals surface area contributed by atoms with Crippen molar-refractivity contribution in [2.75, 3.05) is 7.11 Å². The van der Waals surface area contributed by atoms with Gasteiger partial charge in [0, 0.05) is 0 Å². The second-order valence-corrected chi connectivity index (χ2v) is 2.12.